The topological polar surface area (TPSA) is 20.2 Å². The summed E-state index contributed by atoms with van der Waals surface area (Å²) in [7, 11) is 0. The van der Waals surface area contributed by atoms with Crippen molar-refractivity contribution in [1.82, 2.24) is 0 Å². The summed E-state index contributed by atoms with van der Waals surface area (Å²) in [4.78, 5) is 0. The Kier molecular flexibility index (Phi) is 12.6. The third kappa shape index (κ3) is 22.8. The molecule has 0 spiro atoms. The van der Waals surface area contributed by atoms with Crippen LogP contribution in [0.3, 0.4) is 0 Å². The van der Waals surface area contributed by atoms with Gasteiger partial charge in [-0.2, -0.15) is 0 Å². The third-order valence-electron chi connectivity index (χ3n) is 0. The molecule has 0 atom stereocenters. The number of aliphatic hydroxyl groups is 1. The molecule has 5 heavy (non-hydrogen) atoms. The average molecular weight is 226 g/mol. The summed E-state index contributed by atoms with van der Waals surface area (Å²) in [5.41, 5.74) is 0. The van der Waals surface area contributed by atoms with Crippen LogP contribution >= 0.6 is 12.2 Å². The molecule has 0 aromatic rings. The molecule has 0 aromatic heterocycles. The van der Waals surface area contributed by atoms with Gasteiger partial charge in [-0.05, 0) is 0 Å². The molecule has 0 saturated heterocycles. The average Bonchev–Trinajstić information content (AvgIpc) is 0.811. The first kappa shape index (κ1) is 10.2. The summed E-state index contributed by atoms with van der Waals surface area (Å²) < 4.78 is -0.417. The SMILES string of the molecule is OC(=S)[S-].[Cs+]. The number of hydrogen-bond donors (Lipinski definition) is 1. The quantitative estimate of drug-likeness (QED) is 0.361. The van der Waals surface area contributed by atoms with Crippen molar-refractivity contribution in [3.05, 3.63) is 0 Å². The van der Waals surface area contributed by atoms with E-state index in [-0.39, 0.29) is 68.9 Å². The van der Waals surface area contributed by atoms with Crippen LogP contribution in [-0.4, -0.2) is 9.49 Å². The van der Waals surface area contributed by atoms with Gasteiger partial charge < -0.3 is 30.0 Å². The molecule has 0 aliphatic rings. The maximum Gasteiger partial charge on any atom is 1.00 e. The molecule has 1 N–H and O–H groups in total. The van der Waals surface area contributed by atoms with Crippen LogP contribution in [0, 0.1) is 0 Å². The van der Waals surface area contributed by atoms with Gasteiger partial charge in [-0.25, -0.2) is 0 Å². The molecule has 0 radical (unpaired) electrons. The van der Waals surface area contributed by atoms with Gasteiger partial charge >= 0.3 is 68.9 Å². The maximum absolute atomic E-state index is 7.60. The van der Waals surface area contributed by atoms with E-state index in [0.717, 1.165) is 0 Å². The van der Waals surface area contributed by atoms with E-state index < -0.39 is 4.38 Å². The largest absolute Gasteiger partial charge is 1.00 e. The van der Waals surface area contributed by atoms with Crippen molar-refractivity contribution in [3.8, 4) is 0 Å². The molecule has 0 heterocycles. The normalized spacial score (nSPS) is 4.80. The van der Waals surface area contributed by atoms with Gasteiger partial charge in [0.1, 0.15) is 0 Å². The van der Waals surface area contributed by atoms with Crippen molar-refractivity contribution in [2.75, 3.05) is 0 Å². The molecule has 0 saturated carbocycles. The van der Waals surface area contributed by atoms with E-state index in [4.69, 9.17) is 5.11 Å². The van der Waals surface area contributed by atoms with Crippen LogP contribution in [0.15, 0.2) is 0 Å². The summed E-state index contributed by atoms with van der Waals surface area (Å²) in [6.07, 6.45) is 0. The predicted octanol–water partition coefficient (Wildman–Crippen LogP) is -2.62. The van der Waals surface area contributed by atoms with Crippen LogP contribution in [0.4, 0.5) is 0 Å². The van der Waals surface area contributed by atoms with Gasteiger partial charge in [-0.1, -0.05) is 0 Å². The third-order valence-corrected chi connectivity index (χ3v) is 0. The molecular formula is CHCsOS2. The van der Waals surface area contributed by atoms with Crippen LogP contribution in [0.5, 0.6) is 0 Å². The number of hydrogen-bond acceptors (Lipinski definition) is 2. The molecule has 0 aliphatic heterocycles. The molecule has 24 valence electrons. The molecule has 4 heteroatoms. The zero-order chi connectivity index (χ0) is 3.58. The van der Waals surface area contributed by atoms with Gasteiger partial charge in [0.25, 0.3) is 0 Å². The molecule has 0 unspecified atom stereocenters. The molecule has 0 rings (SSSR count). The second-order valence-corrected chi connectivity index (χ2v) is 1.30. The Bertz CT molecular complexity index is 32.6. The fraction of sp³-hybridized carbons (Fsp3) is 0. The first-order valence-corrected chi connectivity index (χ1v) is 1.45. The van der Waals surface area contributed by atoms with Gasteiger partial charge in [0.15, 0.2) is 0 Å². The minimum atomic E-state index is -0.417. The number of thiocarbonyl (C=S) groups is 1. The van der Waals surface area contributed by atoms with E-state index >= 15 is 0 Å². The molecule has 0 aliphatic carbocycles. The number of aliphatic hydroxyl groups excluding tert-OH is 1. The predicted molar refractivity (Wildman–Crippen MR) is 22.6 cm³/mol. The Balaban J connectivity index is 0. The molecule has 0 amide bonds. The summed E-state index contributed by atoms with van der Waals surface area (Å²) in [5.74, 6) is 0. The fourth-order valence-corrected chi connectivity index (χ4v) is 0. The van der Waals surface area contributed by atoms with E-state index in [0.29, 0.717) is 0 Å². The van der Waals surface area contributed by atoms with Crippen molar-refractivity contribution in [1.29, 1.82) is 0 Å². The van der Waals surface area contributed by atoms with Crippen LogP contribution in [0.1, 0.15) is 0 Å². The van der Waals surface area contributed by atoms with Crippen LogP contribution < -0.4 is 68.9 Å². The standard InChI is InChI=1S/CH2OS2.Cs/c2-1(3)4;/h(H2,2,3,4);/q;+1/p-1. The maximum atomic E-state index is 7.60. The van der Waals surface area contributed by atoms with E-state index in [2.05, 4.69) is 24.8 Å². The first-order valence-electron chi connectivity index (χ1n) is 0.632. The van der Waals surface area contributed by atoms with Crippen LogP contribution in [-0.2, 0) is 12.6 Å². The number of rotatable bonds is 0. The fourth-order valence-electron chi connectivity index (χ4n) is 0. The van der Waals surface area contributed by atoms with Crippen molar-refractivity contribution >= 4 is 29.2 Å². The minimum absolute atomic E-state index is 0. The molecule has 0 aromatic carbocycles. The van der Waals surface area contributed by atoms with Gasteiger partial charge in [0.2, 0.25) is 0 Å². The Labute approximate surface area is 100 Å². The van der Waals surface area contributed by atoms with Gasteiger partial charge in [-0.15, -0.1) is 0 Å². The Hall–Kier alpha value is 2.16. The van der Waals surface area contributed by atoms with Gasteiger partial charge in [0.05, 0.1) is 0 Å². The van der Waals surface area contributed by atoms with Gasteiger partial charge in [-0.3, -0.25) is 0 Å². The van der Waals surface area contributed by atoms with Crippen molar-refractivity contribution in [3.63, 3.8) is 0 Å². The minimum Gasteiger partial charge on any atom is -0.528 e. The summed E-state index contributed by atoms with van der Waals surface area (Å²) in [5, 5.41) is 7.60. The van der Waals surface area contributed by atoms with Gasteiger partial charge in [0, 0.05) is 4.38 Å². The smallest absolute Gasteiger partial charge is 0.528 e. The second-order valence-electron chi connectivity index (χ2n) is 0.266. The van der Waals surface area contributed by atoms with E-state index in [1.807, 2.05) is 0 Å². The Morgan fingerprint density at radius 1 is 1.80 bits per heavy atom. The summed E-state index contributed by atoms with van der Waals surface area (Å²) in [6, 6.07) is 0. The molecule has 0 fully saturated rings. The Morgan fingerprint density at radius 2 is 1.80 bits per heavy atom. The molecule has 0 bridgehead atoms. The van der Waals surface area contributed by atoms with Crippen molar-refractivity contribution < 1.29 is 74.0 Å². The second kappa shape index (κ2) is 6.16. The molecule has 1 nitrogen and oxygen atoms in total. The first-order chi connectivity index (χ1) is 1.73. The van der Waals surface area contributed by atoms with E-state index in [1.54, 1.807) is 0 Å². The summed E-state index contributed by atoms with van der Waals surface area (Å²) in [6.45, 7) is 0. The van der Waals surface area contributed by atoms with Crippen LogP contribution in [0.2, 0.25) is 0 Å². The van der Waals surface area contributed by atoms with Crippen molar-refractivity contribution in [2.24, 2.45) is 0 Å². The zero-order valence-corrected chi connectivity index (χ0v) is 10.7. The van der Waals surface area contributed by atoms with Crippen molar-refractivity contribution in [2.45, 2.75) is 0 Å². The van der Waals surface area contributed by atoms with Crippen LogP contribution in [0.25, 0.3) is 0 Å². The monoisotopic (exact) mass is 226 g/mol. The summed E-state index contributed by atoms with van der Waals surface area (Å²) >= 11 is 7.81. The van der Waals surface area contributed by atoms with E-state index in [9.17, 15) is 0 Å². The zero-order valence-electron chi connectivity index (χ0n) is 2.76. The molecular weight excluding hydrogens is 225 g/mol. The van der Waals surface area contributed by atoms with E-state index in [1.165, 1.54) is 0 Å². The Morgan fingerprint density at radius 3 is 1.80 bits per heavy atom.